The van der Waals surface area contributed by atoms with Crippen LogP contribution < -0.4 is 0 Å². The van der Waals surface area contributed by atoms with E-state index in [0.717, 1.165) is 38.5 Å². The molecule has 0 aromatic rings. The van der Waals surface area contributed by atoms with Gasteiger partial charge in [0, 0.05) is 11.8 Å². The molecule has 0 spiro atoms. The highest BCUT2D eigenvalue weighted by Gasteiger charge is 2.61. The molecule has 8 atom stereocenters. The summed E-state index contributed by atoms with van der Waals surface area (Å²) >= 11 is 0. The zero-order valence-corrected chi connectivity index (χ0v) is 17.9. The van der Waals surface area contributed by atoms with Crippen LogP contribution in [0.4, 0.5) is 4.79 Å². The zero-order chi connectivity index (χ0) is 20.1. The molecule has 0 radical (unpaired) electrons. The molecule has 4 heteroatoms. The molecule has 4 nitrogen and oxygen atoms in total. The van der Waals surface area contributed by atoms with E-state index in [0.29, 0.717) is 41.3 Å². The minimum Gasteiger partial charge on any atom is -0.438 e. The second kappa shape index (κ2) is 7.50. The molecule has 4 aliphatic carbocycles. The number of rotatable bonds is 3. The summed E-state index contributed by atoms with van der Waals surface area (Å²) in [5, 5.41) is 0. The van der Waals surface area contributed by atoms with Crippen molar-refractivity contribution in [1.82, 2.24) is 0 Å². The Morgan fingerprint density at radius 1 is 1.14 bits per heavy atom. The summed E-state index contributed by atoms with van der Waals surface area (Å²) in [7, 11) is 1.40. The molecule has 0 unspecified atom stereocenters. The summed E-state index contributed by atoms with van der Waals surface area (Å²) in [5.74, 6) is 4.21. The topological polar surface area (TPSA) is 52.6 Å². The monoisotopic (exact) mass is 388 g/mol. The van der Waals surface area contributed by atoms with Crippen molar-refractivity contribution in [3.63, 3.8) is 0 Å². The van der Waals surface area contributed by atoms with Gasteiger partial charge in [0.05, 0.1) is 7.11 Å². The van der Waals surface area contributed by atoms with Gasteiger partial charge in [-0.2, -0.15) is 0 Å². The fraction of sp³-hybridized carbons (Fsp3) is 0.833. The van der Waals surface area contributed by atoms with Crippen molar-refractivity contribution in [2.24, 2.45) is 40.9 Å². The molecule has 28 heavy (non-hydrogen) atoms. The lowest BCUT2D eigenvalue weighted by molar-refractivity contribution is -0.121. The summed E-state index contributed by atoms with van der Waals surface area (Å²) in [6.07, 6.45) is 9.89. The summed E-state index contributed by atoms with van der Waals surface area (Å²) in [5.41, 5.74) is 1.50. The third-order valence-corrected chi connectivity index (χ3v) is 8.96. The van der Waals surface area contributed by atoms with Crippen molar-refractivity contribution in [3.05, 3.63) is 11.6 Å². The van der Waals surface area contributed by atoms with E-state index in [1.165, 1.54) is 25.5 Å². The lowest BCUT2D eigenvalue weighted by Gasteiger charge is -2.59. The Morgan fingerprint density at radius 2 is 1.89 bits per heavy atom. The van der Waals surface area contributed by atoms with Crippen molar-refractivity contribution in [2.75, 3.05) is 7.11 Å². The highest BCUT2D eigenvalue weighted by molar-refractivity contribution is 5.91. The van der Waals surface area contributed by atoms with Crippen LogP contribution in [0.3, 0.4) is 0 Å². The molecule has 0 aromatic heterocycles. The predicted octanol–water partition coefficient (Wildman–Crippen LogP) is 5.55. The van der Waals surface area contributed by atoms with Crippen LogP contribution in [0.25, 0.3) is 0 Å². The molecule has 0 bridgehead atoms. The Morgan fingerprint density at radius 3 is 2.57 bits per heavy atom. The Bertz CT molecular complexity index is 668. The van der Waals surface area contributed by atoms with Gasteiger partial charge in [0.15, 0.2) is 5.78 Å². The largest absolute Gasteiger partial charge is 0.508 e. The average molecular weight is 389 g/mol. The quantitative estimate of drug-likeness (QED) is 0.595. The lowest BCUT2D eigenvalue weighted by atomic mass is 9.46. The Hall–Kier alpha value is -1.32. The van der Waals surface area contributed by atoms with Crippen LogP contribution in [-0.2, 0) is 14.3 Å². The molecule has 3 fully saturated rings. The molecular weight excluding hydrogens is 352 g/mol. The lowest BCUT2D eigenvalue weighted by Crippen LogP contribution is -2.54. The molecule has 0 saturated heterocycles. The van der Waals surface area contributed by atoms with Gasteiger partial charge in [-0.3, -0.25) is 4.79 Å². The highest BCUT2D eigenvalue weighted by Crippen LogP contribution is 2.66. The number of hydrogen-bond donors (Lipinski definition) is 0. The fourth-order valence-electron chi connectivity index (χ4n) is 7.82. The molecule has 0 N–H and O–H groups in total. The maximum atomic E-state index is 12.1. The molecular formula is C24H36O4. The van der Waals surface area contributed by atoms with Crippen molar-refractivity contribution < 1.29 is 19.1 Å². The number of carbonyl (C=O) groups excluding carboxylic acids is 2. The number of allylic oxidation sites excluding steroid dienone is 1. The van der Waals surface area contributed by atoms with E-state index >= 15 is 0 Å². The van der Waals surface area contributed by atoms with Gasteiger partial charge in [0.2, 0.25) is 0 Å². The van der Waals surface area contributed by atoms with Crippen LogP contribution in [0.15, 0.2) is 11.6 Å². The first kappa shape index (κ1) is 20.0. The van der Waals surface area contributed by atoms with E-state index in [-0.39, 0.29) is 11.5 Å². The van der Waals surface area contributed by atoms with Gasteiger partial charge in [-0.25, -0.2) is 4.79 Å². The Labute approximate surface area is 169 Å². The smallest absolute Gasteiger partial charge is 0.438 e. The summed E-state index contributed by atoms with van der Waals surface area (Å²) < 4.78 is 10.6. The van der Waals surface area contributed by atoms with Crippen LogP contribution >= 0.6 is 0 Å². The van der Waals surface area contributed by atoms with Crippen molar-refractivity contribution >= 4 is 11.9 Å². The molecule has 3 saturated carbocycles. The van der Waals surface area contributed by atoms with Crippen LogP contribution in [0, 0.1) is 40.9 Å². The summed E-state index contributed by atoms with van der Waals surface area (Å²) in [4.78, 5) is 24.0. The Kier molecular flexibility index (Phi) is 5.35. The number of ether oxygens (including phenoxy) is 2. The minimum atomic E-state index is -0.534. The third-order valence-electron chi connectivity index (χ3n) is 8.96. The molecule has 0 amide bonds. The first-order valence-electron chi connectivity index (χ1n) is 11.4. The maximum absolute atomic E-state index is 12.1. The normalized spacial score (nSPS) is 44.8. The molecule has 0 aliphatic heterocycles. The van der Waals surface area contributed by atoms with E-state index in [1.54, 1.807) is 0 Å². The van der Waals surface area contributed by atoms with E-state index < -0.39 is 6.16 Å². The number of methoxy groups -OCH3 is 1. The van der Waals surface area contributed by atoms with Crippen LogP contribution in [0.5, 0.6) is 0 Å². The van der Waals surface area contributed by atoms with Gasteiger partial charge in [-0.05, 0) is 73.7 Å². The van der Waals surface area contributed by atoms with Gasteiger partial charge in [-0.15, -0.1) is 0 Å². The highest BCUT2D eigenvalue weighted by atomic mass is 16.7. The third kappa shape index (κ3) is 3.02. The van der Waals surface area contributed by atoms with E-state index in [2.05, 4.69) is 20.8 Å². The zero-order valence-electron chi connectivity index (χ0n) is 17.9. The number of carbonyl (C=O) groups is 2. The molecule has 4 aliphatic rings. The maximum Gasteiger partial charge on any atom is 0.508 e. The van der Waals surface area contributed by atoms with E-state index in [1.807, 2.05) is 6.08 Å². The first-order valence-corrected chi connectivity index (χ1v) is 11.4. The average Bonchev–Trinajstić information content (AvgIpc) is 3.01. The molecule has 0 aromatic carbocycles. The van der Waals surface area contributed by atoms with Crippen LogP contribution in [0.2, 0.25) is 0 Å². The SMILES string of the molecule is CC[C@@H]1CC2=CC(=O)CC[C@@H]2[C@H]2[C@@H](CC)C[C@]3(C)[C@@H](OC(=O)OC)CC[C@H]3[C@H]12. The van der Waals surface area contributed by atoms with Crippen molar-refractivity contribution in [3.8, 4) is 0 Å². The van der Waals surface area contributed by atoms with Gasteiger partial charge >= 0.3 is 6.16 Å². The predicted molar refractivity (Wildman–Crippen MR) is 108 cm³/mol. The van der Waals surface area contributed by atoms with Gasteiger partial charge in [-0.1, -0.05) is 39.2 Å². The van der Waals surface area contributed by atoms with Crippen LogP contribution in [-0.4, -0.2) is 25.2 Å². The molecule has 156 valence electrons. The Balaban J connectivity index is 1.70. The summed E-state index contributed by atoms with van der Waals surface area (Å²) in [6, 6.07) is 0. The van der Waals surface area contributed by atoms with Gasteiger partial charge in [0.1, 0.15) is 6.10 Å². The van der Waals surface area contributed by atoms with Crippen molar-refractivity contribution in [1.29, 1.82) is 0 Å². The number of fused-ring (bicyclic) bond motifs is 5. The number of hydrogen-bond acceptors (Lipinski definition) is 4. The number of ketones is 1. The second-order valence-electron chi connectivity index (χ2n) is 9.98. The van der Waals surface area contributed by atoms with Crippen LogP contribution in [0.1, 0.15) is 72.1 Å². The van der Waals surface area contributed by atoms with E-state index in [9.17, 15) is 9.59 Å². The fourth-order valence-corrected chi connectivity index (χ4v) is 7.82. The van der Waals surface area contributed by atoms with Gasteiger partial charge < -0.3 is 9.47 Å². The standard InChI is InChI=1S/C24H36O4/c1-5-14-11-16-12-17(25)7-8-18(16)21-15(6-2)13-24(3)19(22(14)21)9-10-20(24)28-23(26)27-4/h12,14-15,18-22H,5-11,13H2,1-4H3/t14-,15+,18+,19+,20+,21-,22+,24+/m1/s1. The van der Waals surface area contributed by atoms with E-state index in [4.69, 9.17) is 9.47 Å². The summed E-state index contributed by atoms with van der Waals surface area (Å²) in [6.45, 7) is 7.01. The van der Waals surface area contributed by atoms with Gasteiger partial charge in [0.25, 0.3) is 0 Å². The van der Waals surface area contributed by atoms with Crippen molar-refractivity contribution in [2.45, 2.75) is 78.2 Å². The molecule has 0 heterocycles. The first-order chi connectivity index (χ1) is 13.4. The molecule has 4 rings (SSSR count). The minimum absolute atomic E-state index is 0.0256. The second-order valence-corrected chi connectivity index (χ2v) is 9.98.